The standard InChI is InChI=1S/C14H18N4O2/c1-10-7-15-18(8-10)12-4-3-5-17(9-12)14(19)13-6-11(2)16-20-13/h6-8,12H,3-5,9H2,1-2H3. The van der Waals surface area contributed by atoms with Crippen LogP contribution in [-0.4, -0.2) is 38.8 Å². The third kappa shape index (κ3) is 2.45. The molecule has 0 spiro atoms. The Hall–Kier alpha value is -2.11. The molecule has 6 heteroatoms. The maximum Gasteiger partial charge on any atom is 0.292 e. The minimum absolute atomic E-state index is 0.0841. The maximum atomic E-state index is 12.4. The molecule has 3 heterocycles. The van der Waals surface area contributed by atoms with Crippen LogP contribution in [0.5, 0.6) is 0 Å². The van der Waals surface area contributed by atoms with E-state index in [4.69, 9.17) is 4.52 Å². The monoisotopic (exact) mass is 274 g/mol. The smallest absolute Gasteiger partial charge is 0.292 e. The zero-order valence-electron chi connectivity index (χ0n) is 11.7. The van der Waals surface area contributed by atoms with Crippen molar-refractivity contribution >= 4 is 5.91 Å². The van der Waals surface area contributed by atoms with Gasteiger partial charge in [0.05, 0.1) is 17.9 Å². The number of aryl methyl sites for hydroxylation is 2. The zero-order chi connectivity index (χ0) is 14.1. The summed E-state index contributed by atoms with van der Waals surface area (Å²) in [5.74, 6) is 0.235. The number of piperidine rings is 1. The zero-order valence-corrected chi connectivity index (χ0v) is 11.7. The number of carbonyl (C=O) groups is 1. The number of likely N-dealkylation sites (tertiary alicyclic amines) is 1. The van der Waals surface area contributed by atoms with Gasteiger partial charge < -0.3 is 9.42 Å². The minimum Gasteiger partial charge on any atom is -0.351 e. The van der Waals surface area contributed by atoms with E-state index >= 15 is 0 Å². The quantitative estimate of drug-likeness (QED) is 0.839. The lowest BCUT2D eigenvalue weighted by Gasteiger charge is -2.32. The fraction of sp³-hybridized carbons (Fsp3) is 0.500. The molecule has 1 fully saturated rings. The van der Waals surface area contributed by atoms with E-state index in [9.17, 15) is 4.79 Å². The van der Waals surface area contributed by atoms with Crippen LogP contribution in [0.3, 0.4) is 0 Å². The summed E-state index contributed by atoms with van der Waals surface area (Å²) in [6.07, 6.45) is 5.89. The van der Waals surface area contributed by atoms with Gasteiger partial charge in [-0.1, -0.05) is 5.16 Å². The highest BCUT2D eigenvalue weighted by molar-refractivity contribution is 5.91. The summed E-state index contributed by atoms with van der Waals surface area (Å²) in [6, 6.07) is 1.93. The Morgan fingerprint density at radius 1 is 1.45 bits per heavy atom. The average Bonchev–Trinajstić information content (AvgIpc) is 3.07. The average molecular weight is 274 g/mol. The van der Waals surface area contributed by atoms with E-state index in [1.807, 2.05) is 35.8 Å². The molecule has 106 valence electrons. The van der Waals surface area contributed by atoms with Crippen molar-refractivity contribution in [2.45, 2.75) is 32.7 Å². The molecular formula is C14H18N4O2. The highest BCUT2D eigenvalue weighted by Crippen LogP contribution is 2.22. The number of hydrogen-bond donors (Lipinski definition) is 0. The minimum atomic E-state index is -0.0841. The van der Waals surface area contributed by atoms with Crippen LogP contribution in [0.2, 0.25) is 0 Å². The lowest BCUT2D eigenvalue weighted by atomic mass is 10.1. The third-order valence-corrected chi connectivity index (χ3v) is 3.63. The SMILES string of the molecule is Cc1cnn(C2CCCN(C(=O)c3cc(C)no3)C2)c1. The van der Waals surface area contributed by atoms with Crippen LogP contribution in [0.15, 0.2) is 23.0 Å². The molecule has 20 heavy (non-hydrogen) atoms. The number of nitrogens with zero attached hydrogens (tertiary/aromatic N) is 4. The highest BCUT2D eigenvalue weighted by Gasteiger charge is 2.27. The fourth-order valence-corrected chi connectivity index (χ4v) is 2.61. The summed E-state index contributed by atoms with van der Waals surface area (Å²) < 4.78 is 7.02. The van der Waals surface area contributed by atoms with Crippen LogP contribution in [0.4, 0.5) is 0 Å². The summed E-state index contributed by atoms with van der Waals surface area (Å²) in [5, 5.41) is 8.13. The van der Waals surface area contributed by atoms with Crippen LogP contribution in [0.1, 0.15) is 40.7 Å². The molecule has 1 aliphatic rings. The van der Waals surface area contributed by atoms with Crippen molar-refractivity contribution in [2.75, 3.05) is 13.1 Å². The largest absolute Gasteiger partial charge is 0.351 e. The second-order valence-corrected chi connectivity index (χ2v) is 5.38. The van der Waals surface area contributed by atoms with Gasteiger partial charge in [-0.15, -0.1) is 0 Å². The first kappa shape index (κ1) is 12.9. The van der Waals surface area contributed by atoms with Gasteiger partial charge in [-0.25, -0.2) is 0 Å². The van der Waals surface area contributed by atoms with Crippen molar-refractivity contribution < 1.29 is 9.32 Å². The number of rotatable bonds is 2. The summed E-state index contributed by atoms with van der Waals surface area (Å²) in [6.45, 7) is 5.26. The molecule has 6 nitrogen and oxygen atoms in total. The first-order valence-corrected chi connectivity index (χ1v) is 6.87. The molecule has 3 rings (SSSR count). The third-order valence-electron chi connectivity index (χ3n) is 3.63. The van der Waals surface area contributed by atoms with E-state index in [0.717, 1.165) is 30.6 Å². The molecule has 1 saturated heterocycles. The number of amides is 1. The molecule has 1 unspecified atom stereocenters. The van der Waals surface area contributed by atoms with Gasteiger partial charge in [-0.05, 0) is 32.3 Å². The molecule has 1 aliphatic heterocycles. The summed E-state index contributed by atoms with van der Waals surface area (Å²) in [7, 11) is 0. The molecule has 1 amide bonds. The molecule has 0 radical (unpaired) electrons. The van der Waals surface area contributed by atoms with Gasteiger partial charge in [0.1, 0.15) is 0 Å². The van der Waals surface area contributed by atoms with Gasteiger partial charge in [-0.3, -0.25) is 9.48 Å². The van der Waals surface area contributed by atoms with E-state index in [1.165, 1.54) is 0 Å². The van der Waals surface area contributed by atoms with E-state index in [0.29, 0.717) is 12.3 Å². The highest BCUT2D eigenvalue weighted by atomic mass is 16.5. The lowest BCUT2D eigenvalue weighted by Crippen LogP contribution is -2.40. The van der Waals surface area contributed by atoms with E-state index < -0.39 is 0 Å². The molecule has 0 saturated carbocycles. The Kier molecular flexibility index (Phi) is 3.30. The molecule has 2 aromatic heterocycles. The Morgan fingerprint density at radius 3 is 2.95 bits per heavy atom. The Labute approximate surface area is 117 Å². The summed E-state index contributed by atoms with van der Waals surface area (Å²) in [4.78, 5) is 14.2. The molecule has 0 bridgehead atoms. The van der Waals surface area contributed by atoms with Gasteiger partial charge in [-0.2, -0.15) is 5.10 Å². The van der Waals surface area contributed by atoms with Gasteiger partial charge in [0.2, 0.25) is 5.76 Å². The predicted molar refractivity (Wildman–Crippen MR) is 72.4 cm³/mol. The lowest BCUT2D eigenvalue weighted by molar-refractivity contribution is 0.0631. The van der Waals surface area contributed by atoms with Crippen molar-refractivity contribution in [1.82, 2.24) is 19.8 Å². The maximum absolute atomic E-state index is 12.4. The normalized spacial score (nSPS) is 19.3. The number of hydrogen-bond acceptors (Lipinski definition) is 4. The first-order chi connectivity index (χ1) is 9.63. The molecule has 0 N–H and O–H groups in total. The van der Waals surface area contributed by atoms with Gasteiger partial charge in [0, 0.05) is 25.4 Å². The molecular weight excluding hydrogens is 256 g/mol. The van der Waals surface area contributed by atoms with Gasteiger partial charge >= 0.3 is 0 Å². The first-order valence-electron chi connectivity index (χ1n) is 6.87. The Bertz CT molecular complexity index is 616. The fourth-order valence-electron chi connectivity index (χ4n) is 2.61. The van der Waals surface area contributed by atoms with Crippen LogP contribution in [-0.2, 0) is 0 Å². The van der Waals surface area contributed by atoms with E-state index in [1.54, 1.807) is 6.07 Å². The number of aromatic nitrogens is 3. The van der Waals surface area contributed by atoms with Crippen LogP contribution < -0.4 is 0 Å². The topological polar surface area (TPSA) is 64.2 Å². The number of carbonyl (C=O) groups excluding carboxylic acids is 1. The second kappa shape index (κ2) is 5.11. The van der Waals surface area contributed by atoms with Crippen molar-refractivity contribution in [3.05, 3.63) is 35.5 Å². The molecule has 2 aromatic rings. The molecule has 0 aromatic carbocycles. The van der Waals surface area contributed by atoms with Crippen molar-refractivity contribution in [3.63, 3.8) is 0 Å². The molecule has 1 atom stereocenters. The van der Waals surface area contributed by atoms with Crippen LogP contribution in [0, 0.1) is 13.8 Å². The Balaban J connectivity index is 1.73. The predicted octanol–water partition coefficient (Wildman–Crippen LogP) is 1.97. The van der Waals surface area contributed by atoms with Crippen LogP contribution in [0.25, 0.3) is 0 Å². The van der Waals surface area contributed by atoms with Crippen molar-refractivity contribution in [2.24, 2.45) is 0 Å². The van der Waals surface area contributed by atoms with Crippen molar-refractivity contribution in [3.8, 4) is 0 Å². The summed E-state index contributed by atoms with van der Waals surface area (Å²) >= 11 is 0. The van der Waals surface area contributed by atoms with Crippen molar-refractivity contribution in [1.29, 1.82) is 0 Å². The van der Waals surface area contributed by atoms with Gasteiger partial charge in [0.25, 0.3) is 5.91 Å². The second-order valence-electron chi connectivity index (χ2n) is 5.38. The van der Waals surface area contributed by atoms with Crippen LogP contribution >= 0.6 is 0 Å². The van der Waals surface area contributed by atoms with E-state index in [-0.39, 0.29) is 11.9 Å². The summed E-state index contributed by atoms with van der Waals surface area (Å²) in [5.41, 5.74) is 1.86. The van der Waals surface area contributed by atoms with E-state index in [2.05, 4.69) is 10.3 Å². The molecule has 0 aliphatic carbocycles. The Morgan fingerprint density at radius 2 is 2.30 bits per heavy atom. The van der Waals surface area contributed by atoms with Gasteiger partial charge in [0.15, 0.2) is 0 Å².